The van der Waals surface area contributed by atoms with Gasteiger partial charge in [-0.15, -0.1) is 0 Å². The second kappa shape index (κ2) is 7.08. The molecule has 0 saturated heterocycles. The first-order valence-electron chi connectivity index (χ1n) is 7.36. The maximum atomic E-state index is 12.7. The van der Waals surface area contributed by atoms with Crippen LogP contribution in [0.1, 0.15) is 6.42 Å². The molecule has 134 valence electrons. The highest BCUT2D eigenvalue weighted by atomic mass is 32.2. The van der Waals surface area contributed by atoms with Gasteiger partial charge in [-0.2, -0.15) is 4.72 Å². The van der Waals surface area contributed by atoms with Crippen molar-refractivity contribution in [2.24, 2.45) is 5.73 Å². The minimum absolute atomic E-state index is 0.0654. The average Bonchev–Trinajstić information content (AvgIpc) is 2.52. The third kappa shape index (κ3) is 4.06. The van der Waals surface area contributed by atoms with Gasteiger partial charge in [-0.25, -0.2) is 8.42 Å². The monoisotopic (exact) mass is 365 g/mol. The highest BCUT2D eigenvalue weighted by molar-refractivity contribution is 7.89. The number of nitrogens with zero attached hydrogens (tertiary/aromatic N) is 1. The Bertz CT molecular complexity index is 925. The summed E-state index contributed by atoms with van der Waals surface area (Å²) in [5.41, 5.74) is 5.81. The number of carbonyl (C=O) groups is 2. The number of carboxylic acids is 1. The van der Waals surface area contributed by atoms with E-state index in [1.54, 1.807) is 24.3 Å². The van der Waals surface area contributed by atoms with Gasteiger partial charge < -0.3 is 15.7 Å². The molecule has 9 heteroatoms. The van der Waals surface area contributed by atoms with Gasteiger partial charge >= 0.3 is 5.97 Å². The van der Waals surface area contributed by atoms with Crippen LogP contribution in [0.3, 0.4) is 0 Å². The molecule has 0 saturated carbocycles. The lowest BCUT2D eigenvalue weighted by Crippen LogP contribution is -2.43. The van der Waals surface area contributed by atoms with Crippen molar-refractivity contribution in [3.8, 4) is 0 Å². The Morgan fingerprint density at radius 1 is 1.16 bits per heavy atom. The van der Waals surface area contributed by atoms with Crippen LogP contribution in [0.5, 0.6) is 0 Å². The molecule has 2 rings (SSSR count). The molecule has 4 N–H and O–H groups in total. The van der Waals surface area contributed by atoms with Crippen molar-refractivity contribution < 1.29 is 23.1 Å². The van der Waals surface area contributed by atoms with Gasteiger partial charge in [0.1, 0.15) is 6.04 Å². The zero-order chi connectivity index (χ0) is 18.8. The minimum atomic E-state index is -4.18. The molecule has 1 atom stereocenters. The standard InChI is InChI=1S/C16H19N3O5S/c1-19(2)13-7-3-6-11-10(13)5-4-8-14(11)25(23,24)18-12(16(21)22)9-15(17)20/h3-8,12,18H,9H2,1-2H3,(H2,17,20)(H,21,22)/t12-/m1/s1. The SMILES string of the molecule is CN(C)c1cccc2c(S(=O)(=O)N[C@H](CC(N)=O)C(=O)O)cccc12. The quantitative estimate of drug-likeness (QED) is 0.655. The van der Waals surface area contributed by atoms with Gasteiger partial charge in [0, 0.05) is 30.6 Å². The fraction of sp³-hybridized carbons (Fsp3) is 0.250. The molecule has 0 bridgehead atoms. The normalized spacial score (nSPS) is 12.7. The molecular weight excluding hydrogens is 346 g/mol. The predicted octanol–water partition coefficient (Wildman–Crippen LogP) is 0.513. The predicted molar refractivity (Wildman–Crippen MR) is 93.8 cm³/mol. The molecule has 0 radical (unpaired) electrons. The van der Waals surface area contributed by atoms with E-state index in [4.69, 9.17) is 10.8 Å². The molecule has 0 aliphatic heterocycles. The number of fused-ring (bicyclic) bond motifs is 1. The molecular formula is C16H19N3O5S. The van der Waals surface area contributed by atoms with Crippen LogP contribution in [0.4, 0.5) is 5.69 Å². The fourth-order valence-corrected chi connectivity index (χ4v) is 3.93. The van der Waals surface area contributed by atoms with Gasteiger partial charge in [-0.05, 0) is 12.1 Å². The van der Waals surface area contributed by atoms with Gasteiger partial charge in [0.05, 0.1) is 11.3 Å². The van der Waals surface area contributed by atoms with E-state index in [0.717, 1.165) is 5.69 Å². The van der Waals surface area contributed by atoms with Crippen LogP contribution >= 0.6 is 0 Å². The van der Waals surface area contributed by atoms with Crippen LogP contribution in [0.25, 0.3) is 10.8 Å². The third-order valence-corrected chi connectivity index (χ3v) is 5.16. The van der Waals surface area contributed by atoms with E-state index in [9.17, 15) is 18.0 Å². The number of sulfonamides is 1. The molecule has 0 aliphatic carbocycles. The Morgan fingerprint density at radius 3 is 2.32 bits per heavy atom. The van der Waals surface area contributed by atoms with E-state index in [2.05, 4.69) is 0 Å². The first-order valence-corrected chi connectivity index (χ1v) is 8.84. The van der Waals surface area contributed by atoms with Crippen LogP contribution < -0.4 is 15.4 Å². The Balaban J connectivity index is 2.54. The lowest BCUT2D eigenvalue weighted by Gasteiger charge is -2.18. The second-order valence-corrected chi connectivity index (χ2v) is 7.39. The lowest BCUT2D eigenvalue weighted by molar-refractivity contribution is -0.140. The molecule has 0 aromatic heterocycles. The zero-order valence-electron chi connectivity index (χ0n) is 13.8. The molecule has 0 heterocycles. The van der Waals surface area contributed by atoms with Crippen molar-refractivity contribution in [1.29, 1.82) is 0 Å². The van der Waals surface area contributed by atoms with E-state index >= 15 is 0 Å². The smallest absolute Gasteiger partial charge is 0.322 e. The highest BCUT2D eigenvalue weighted by Gasteiger charge is 2.28. The topological polar surface area (TPSA) is 130 Å². The van der Waals surface area contributed by atoms with Crippen LogP contribution in [0.2, 0.25) is 0 Å². The van der Waals surface area contributed by atoms with Crippen molar-refractivity contribution >= 4 is 38.4 Å². The number of benzene rings is 2. The van der Waals surface area contributed by atoms with Crippen molar-refractivity contribution in [3.63, 3.8) is 0 Å². The van der Waals surface area contributed by atoms with Gasteiger partial charge in [0.25, 0.3) is 0 Å². The number of carbonyl (C=O) groups excluding carboxylic acids is 1. The lowest BCUT2D eigenvalue weighted by atomic mass is 10.1. The number of nitrogens with two attached hydrogens (primary N) is 1. The Hall–Kier alpha value is -2.65. The number of nitrogens with one attached hydrogen (secondary N) is 1. The molecule has 8 nitrogen and oxygen atoms in total. The van der Waals surface area contributed by atoms with E-state index in [-0.39, 0.29) is 4.90 Å². The van der Waals surface area contributed by atoms with Gasteiger partial charge in [0.15, 0.2) is 0 Å². The van der Waals surface area contributed by atoms with Crippen molar-refractivity contribution in [1.82, 2.24) is 4.72 Å². The summed E-state index contributed by atoms with van der Waals surface area (Å²) in [6.07, 6.45) is -0.637. The first-order chi connectivity index (χ1) is 11.6. The number of aliphatic carboxylic acids is 1. The maximum Gasteiger partial charge on any atom is 0.322 e. The van der Waals surface area contributed by atoms with E-state index in [1.165, 1.54) is 6.07 Å². The summed E-state index contributed by atoms with van der Waals surface area (Å²) in [4.78, 5) is 24.0. The van der Waals surface area contributed by atoms with E-state index in [0.29, 0.717) is 10.8 Å². The van der Waals surface area contributed by atoms with Crippen LogP contribution in [0.15, 0.2) is 41.3 Å². The Kier molecular flexibility index (Phi) is 5.29. The van der Waals surface area contributed by atoms with Crippen molar-refractivity contribution in [2.75, 3.05) is 19.0 Å². The van der Waals surface area contributed by atoms with Gasteiger partial charge in [-0.1, -0.05) is 24.3 Å². The van der Waals surface area contributed by atoms with E-state index < -0.39 is 34.4 Å². The molecule has 0 fully saturated rings. The summed E-state index contributed by atoms with van der Waals surface area (Å²) in [6.45, 7) is 0. The Morgan fingerprint density at radius 2 is 1.76 bits per heavy atom. The number of carboxylic acid groups (broad SMARTS) is 1. The maximum absolute atomic E-state index is 12.7. The molecule has 2 aromatic carbocycles. The van der Waals surface area contributed by atoms with Crippen LogP contribution in [-0.4, -0.2) is 45.5 Å². The first kappa shape index (κ1) is 18.7. The summed E-state index contributed by atoms with van der Waals surface area (Å²) in [6, 6.07) is 8.31. The largest absolute Gasteiger partial charge is 0.480 e. The number of hydrogen-bond acceptors (Lipinski definition) is 5. The average molecular weight is 365 g/mol. The van der Waals surface area contributed by atoms with Gasteiger partial charge in [-0.3, -0.25) is 9.59 Å². The number of anilines is 1. The molecule has 25 heavy (non-hydrogen) atoms. The molecule has 0 aliphatic rings. The molecule has 1 amide bonds. The summed E-state index contributed by atoms with van der Waals surface area (Å²) in [5, 5.41) is 10.3. The summed E-state index contributed by atoms with van der Waals surface area (Å²) in [5.74, 6) is -2.39. The molecule has 0 spiro atoms. The van der Waals surface area contributed by atoms with Crippen molar-refractivity contribution in [3.05, 3.63) is 36.4 Å². The summed E-state index contributed by atoms with van der Waals surface area (Å²) >= 11 is 0. The zero-order valence-corrected chi connectivity index (χ0v) is 14.6. The molecule has 0 unspecified atom stereocenters. The van der Waals surface area contributed by atoms with Crippen LogP contribution in [-0.2, 0) is 19.6 Å². The van der Waals surface area contributed by atoms with E-state index in [1.807, 2.05) is 29.8 Å². The second-order valence-electron chi connectivity index (χ2n) is 5.71. The number of primary amides is 1. The minimum Gasteiger partial charge on any atom is -0.480 e. The van der Waals surface area contributed by atoms with Crippen molar-refractivity contribution in [2.45, 2.75) is 17.4 Å². The fourth-order valence-electron chi connectivity index (χ4n) is 2.52. The Labute approximate surface area is 145 Å². The van der Waals surface area contributed by atoms with Gasteiger partial charge in [0.2, 0.25) is 15.9 Å². The number of rotatable bonds is 7. The highest BCUT2D eigenvalue weighted by Crippen LogP contribution is 2.30. The number of amides is 1. The summed E-state index contributed by atoms with van der Waals surface area (Å²) in [7, 11) is -0.507. The summed E-state index contributed by atoms with van der Waals surface area (Å²) < 4.78 is 27.4. The third-order valence-electron chi connectivity index (χ3n) is 3.63. The van der Waals surface area contributed by atoms with Crippen LogP contribution in [0, 0.1) is 0 Å². The number of hydrogen-bond donors (Lipinski definition) is 3. The molecule has 2 aromatic rings.